The zero-order chi connectivity index (χ0) is 22.4. The number of aromatic amines is 1. The van der Waals surface area contributed by atoms with E-state index in [4.69, 9.17) is 17.3 Å². The van der Waals surface area contributed by atoms with E-state index < -0.39 is 0 Å². The van der Waals surface area contributed by atoms with Crippen LogP contribution in [0.2, 0.25) is 5.02 Å². The molecule has 4 heterocycles. The minimum Gasteiger partial charge on any atom is -0.382 e. The minimum atomic E-state index is -0.229. The van der Waals surface area contributed by atoms with E-state index in [-0.39, 0.29) is 5.91 Å². The third kappa shape index (κ3) is 3.54. The summed E-state index contributed by atoms with van der Waals surface area (Å²) in [5, 5.41) is 8.68. The highest BCUT2D eigenvalue weighted by atomic mass is 35.5. The van der Waals surface area contributed by atoms with Crippen molar-refractivity contribution in [3.8, 4) is 0 Å². The Morgan fingerprint density at radius 3 is 2.84 bits per heavy atom. The molecule has 4 N–H and O–H groups in total. The van der Waals surface area contributed by atoms with Gasteiger partial charge in [0.2, 0.25) is 0 Å². The van der Waals surface area contributed by atoms with Crippen molar-refractivity contribution in [2.75, 3.05) is 5.73 Å². The molecular formula is C21H20ClN9O. The molecule has 4 aromatic heterocycles. The third-order valence-corrected chi connectivity index (χ3v) is 5.60. The van der Waals surface area contributed by atoms with E-state index in [1.807, 2.05) is 29.7 Å². The summed E-state index contributed by atoms with van der Waals surface area (Å²) in [6.07, 6.45) is 3.10. The molecule has 0 spiro atoms. The van der Waals surface area contributed by atoms with Crippen LogP contribution in [0.1, 0.15) is 27.4 Å². The van der Waals surface area contributed by atoms with Gasteiger partial charge in [0.05, 0.1) is 24.9 Å². The maximum Gasteiger partial charge on any atom is 0.272 e. The van der Waals surface area contributed by atoms with Gasteiger partial charge in [0.1, 0.15) is 17.5 Å². The van der Waals surface area contributed by atoms with Gasteiger partial charge in [-0.15, -0.1) is 0 Å². The van der Waals surface area contributed by atoms with Gasteiger partial charge >= 0.3 is 0 Å². The van der Waals surface area contributed by atoms with Crippen LogP contribution in [0.25, 0.3) is 22.1 Å². The molecule has 32 heavy (non-hydrogen) atoms. The normalized spacial score (nSPS) is 11.5. The van der Waals surface area contributed by atoms with Crippen LogP contribution in [0.4, 0.5) is 5.82 Å². The van der Waals surface area contributed by atoms with Crippen molar-refractivity contribution in [1.82, 2.24) is 39.6 Å². The fourth-order valence-electron chi connectivity index (χ4n) is 3.69. The summed E-state index contributed by atoms with van der Waals surface area (Å²) in [7, 11) is 1.80. The highest BCUT2D eigenvalue weighted by Gasteiger charge is 2.14. The van der Waals surface area contributed by atoms with Gasteiger partial charge in [-0.05, 0) is 36.8 Å². The molecule has 1 amide bonds. The summed E-state index contributed by atoms with van der Waals surface area (Å²) in [5.41, 5.74) is 11.1. The van der Waals surface area contributed by atoms with Crippen molar-refractivity contribution < 1.29 is 4.79 Å². The van der Waals surface area contributed by atoms with Crippen LogP contribution in [0.15, 0.2) is 36.9 Å². The lowest BCUT2D eigenvalue weighted by molar-refractivity contribution is 0.0944. The first-order valence-electron chi connectivity index (χ1n) is 9.89. The molecule has 0 atom stereocenters. The molecule has 0 aliphatic heterocycles. The molecule has 0 saturated carbocycles. The molecule has 11 heteroatoms. The van der Waals surface area contributed by atoms with Crippen LogP contribution < -0.4 is 11.1 Å². The number of imidazole rings is 1. The van der Waals surface area contributed by atoms with E-state index in [1.165, 1.54) is 6.33 Å². The number of halogens is 1. The van der Waals surface area contributed by atoms with E-state index in [0.29, 0.717) is 40.8 Å². The second-order valence-electron chi connectivity index (χ2n) is 7.60. The standard InChI is InChI=1S/C21H20ClN9O/c1-11-3-16(29-30(11)2)21(32)24-7-15-6-12-4-14(22)5-13(17(12)28-15)8-31-10-27-18-19(23)25-9-26-20(18)31/h3-6,9-10,28H,7-8H2,1-2H3,(H,24,32)(H2,23,25,26). The highest BCUT2D eigenvalue weighted by Crippen LogP contribution is 2.26. The first-order valence-corrected chi connectivity index (χ1v) is 10.3. The number of aromatic nitrogens is 7. The number of amides is 1. The van der Waals surface area contributed by atoms with Gasteiger partial charge in [-0.1, -0.05) is 11.6 Å². The van der Waals surface area contributed by atoms with E-state index in [9.17, 15) is 4.79 Å². The van der Waals surface area contributed by atoms with Crippen molar-refractivity contribution in [3.63, 3.8) is 0 Å². The molecule has 1 aromatic carbocycles. The molecule has 0 aliphatic carbocycles. The van der Waals surface area contributed by atoms with Gasteiger partial charge in [-0.2, -0.15) is 5.10 Å². The first kappa shape index (κ1) is 20.0. The molecule has 10 nitrogen and oxygen atoms in total. The van der Waals surface area contributed by atoms with Crippen molar-refractivity contribution in [3.05, 3.63) is 64.6 Å². The van der Waals surface area contributed by atoms with Crippen molar-refractivity contribution in [2.24, 2.45) is 7.05 Å². The van der Waals surface area contributed by atoms with Crippen LogP contribution in [-0.4, -0.2) is 40.2 Å². The maximum atomic E-state index is 12.4. The van der Waals surface area contributed by atoms with Crippen LogP contribution in [0.3, 0.4) is 0 Å². The fourth-order valence-corrected chi connectivity index (χ4v) is 3.94. The summed E-state index contributed by atoms with van der Waals surface area (Å²) >= 11 is 6.38. The topological polar surface area (TPSA) is 132 Å². The maximum absolute atomic E-state index is 12.4. The molecule has 0 bridgehead atoms. The summed E-state index contributed by atoms with van der Waals surface area (Å²) in [5.74, 6) is 0.110. The number of anilines is 1. The van der Waals surface area contributed by atoms with Gasteiger partial charge in [-0.3, -0.25) is 9.48 Å². The number of nitrogens with one attached hydrogen (secondary N) is 2. The average molecular weight is 450 g/mol. The summed E-state index contributed by atoms with van der Waals surface area (Å²) in [6.45, 7) is 2.72. The van der Waals surface area contributed by atoms with Crippen LogP contribution >= 0.6 is 11.6 Å². The molecule has 0 aliphatic rings. The Morgan fingerprint density at radius 2 is 2.06 bits per heavy atom. The molecular weight excluding hydrogens is 430 g/mol. The van der Waals surface area contributed by atoms with Crippen LogP contribution in [-0.2, 0) is 20.1 Å². The Kier molecular flexibility index (Phi) is 4.78. The Balaban J connectivity index is 1.42. The van der Waals surface area contributed by atoms with E-state index >= 15 is 0 Å². The summed E-state index contributed by atoms with van der Waals surface area (Å²) < 4.78 is 3.56. The molecule has 5 aromatic rings. The lowest BCUT2D eigenvalue weighted by Crippen LogP contribution is -2.23. The number of nitrogens with two attached hydrogens (primary N) is 1. The number of aryl methyl sites for hydroxylation is 2. The molecule has 162 valence electrons. The van der Waals surface area contributed by atoms with Gasteiger partial charge in [0, 0.05) is 28.8 Å². The largest absolute Gasteiger partial charge is 0.382 e. The SMILES string of the molecule is Cc1cc(C(=O)NCc2cc3cc(Cl)cc(Cn4cnc5c(N)ncnc54)c3[nH]2)nn1C. The molecule has 0 unspecified atom stereocenters. The van der Waals surface area contributed by atoms with Gasteiger partial charge < -0.3 is 20.6 Å². The average Bonchev–Trinajstić information content (AvgIpc) is 3.44. The Bertz CT molecular complexity index is 1460. The quantitative estimate of drug-likeness (QED) is 0.377. The zero-order valence-electron chi connectivity index (χ0n) is 17.4. The zero-order valence-corrected chi connectivity index (χ0v) is 18.2. The Labute approximate surface area is 187 Å². The van der Waals surface area contributed by atoms with Gasteiger partial charge in [0.15, 0.2) is 11.5 Å². The number of benzene rings is 1. The third-order valence-electron chi connectivity index (χ3n) is 5.39. The van der Waals surface area contributed by atoms with Crippen molar-refractivity contribution in [2.45, 2.75) is 20.0 Å². The molecule has 0 saturated heterocycles. The van der Waals surface area contributed by atoms with Gasteiger partial charge in [0.25, 0.3) is 5.91 Å². The van der Waals surface area contributed by atoms with E-state index in [2.05, 4.69) is 30.4 Å². The van der Waals surface area contributed by atoms with Crippen LogP contribution in [0.5, 0.6) is 0 Å². The lowest BCUT2D eigenvalue weighted by Gasteiger charge is -2.07. The van der Waals surface area contributed by atoms with E-state index in [1.54, 1.807) is 24.1 Å². The number of carbonyl (C=O) groups excluding carboxylic acids is 1. The number of fused-ring (bicyclic) bond motifs is 2. The predicted octanol–water partition coefficient (Wildman–Crippen LogP) is 2.56. The smallest absolute Gasteiger partial charge is 0.272 e. The number of nitrogens with zero attached hydrogens (tertiary/aromatic N) is 6. The second kappa shape index (κ2) is 7.65. The monoisotopic (exact) mass is 449 g/mol. The molecule has 0 fully saturated rings. The number of carbonyl (C=O) groups is 1. The highest BCUT2D eigenvalue weighted by molar-refractivity contribution is 6.31. The minimum absolute atomic E-state index is 0.229. The number of hydrogen-bond donors (Lipinski definition) is 3. The summed E-state index contributed by atoms with van der Waals surface area (Å²) in [4.78, 5) is 28.4. The van der Waals surface area contributed by atoms with Crippen LogP contribution in [0, 0.1) is 6.92 Å². The first-order chi connectivity index (χ1) is 15.4. The number of nitrogen functional groups attached to an aromatic ring is 1. The second-order valence-corrected chi connectivity index (χ2v) is 8.04. The Morgan fingerprint density at radius 1 is 1.22 bits per heavy atom. The van der Waals surface area contributed by atoms with Crippen molar-refractivity contribution >= 4 is 45.4 Å². The van der Waals surface area contributed by atoms with Gasteiger partial charge in [-0.25, -0.2) is 15.0 Å². The Hall–Kier alpha value is -3.92. The molecule has 0 radical (unpaired) electrons. The summed E-state index contributed by atoms with van der Waals surface area (Å²) in [6, 6.07) is 7.51. The fraction of sp³-hybridized carbons (Fsp3) is 0.190. The predicted molar refractivity (Wildman–Crippen MR) is 121 cm³/mol. The lowest BCUT2D eigenvalue weighted by atomic mass is 10.1. The molecule has 5 rings (SSSR count). The van der Waals surface area contributed by atoms with Crippen molar-refractivity contribution in [1.29, 1.82) is 0 Å². The number of rotatable bonds is 5. The number of hydrogen-bond acceptors (Lipinski definition) is 6. The van der Waals surface area contributed by atoms with E-state index in [0.717, 1.165) is 27.9 Å². The number of H-pyrrole nitrogens is 1.